The molecule has 0 aliphatic heterocycles. The molecule has 0 saturated carbocycles. The van der Waals surface area contributed by atoms with Crippen LogP contribution in [-0.4, -0.2) is 24.5 Å². The number of benzene rings is 1. The molecule has 0 spiro atoms. The van der Waals surface area contributed by atoms with Crippen LogP contribution in [0.4, 0.5) is 10.5 Å². The van der Waals surface area contributed by atoms with Crippen LogP contribution in [0.1, 0.15) is 70.4 Å². The molecule has 0 aromatic heterocycles. The highest BCUT2D eigenvalue weighted by molar-refractivity contribution is 5.91. The highest BCUT2D eigenvalue weighted by Gasteiger charge is 2.17. The smallest absolute Gasteiger partial charge is 0.321 e. The lowest BCUT2D eigenvalue weighted by Crippen LogP contribution is -2.32. The van der Waals surface area contributed by atoms with E-state index in [2.05, 4.69) is 58.1 Å². The molecule has 0 atom stereocenters. The summed E-state index contributed by atoms with van der Waals surface area (Å²) in [7, 11) is 1.86. The average Bonchev–Trinajstić information content (AvgIpc) is 2.44. The molecule has 3 nitrogen and oxygen atoms in total. The fourth-order valence-electron chi connectivity index (χ4n) is 2.39. The first-order chi connectivity index (χ1) is 9.88. The van der Waals surface area contributed by atoms with Gasteiger partial charge < -0.3 is 10.2 Å². The van der Waals surface area contributed by atoms with Crippen LogP contribution in [0, 0.1) is 0 Å². The number of rotatable bonds is 6. The van der Waals surface area contributed by atoms with Gasteiger partial charge in [-0.1, -0.05) is 59.2 Å². The van der Waals surface area contributed by atoms with E-state index in [1.807, 2.05) is 7.05 Å². The van der Waals surface area contributed by atoms with E-state index < -0.39 is 0 Å². The number of anilines is 1. The maximum atomic E-state index is 12.4. The second-order valence-corrected chi connectivity index (χ2v) is 6.33. The topological polar surface area (TPSA) is 32.3 Å². The minimum absolute atomic E-state index is 0.0153. The predicted octanol–water partition coefficient (Wildman–Crippen LogP) is 5.20. The van der Waals surface area contributed by atoms with E-state index in [0.29, 0.717) is 11.8 Å². The summed E-state index contributed by atoms with van der Waals surface area (Å²) >= 11 is 0. The summed E-state index contributed by atoms with van der Waals surface area (Å²) in [4.78, 5) is 14.2. The molecule has 0 unspecified atom stereocenters. The van der Waals surface area contributed by atoms with Crippen LogP contribution < -0.4 is 5.32 Å². The Bertz CT molecular complexity index is 440. The number of carbonyl (C=O) groups excluding carboxylic acids is 1. The van der Waals surface area contributed by atoms with Gasteiger partial charge in [0.05, 0.1) is 0 Å². The molecule has 1 N–H and O–H groups in total. The van der Waals surface area contributed by atoms with Crippen molar-refractivity contribution in [3.8, 4) is 0 Å². The molecule has 0 aliphatic rings. The van der Waals surface area contributed by atoms with E-state index in [0.717, 1.165) is 25.1 Å². The van der Waals surface area contributed by atoms with Gasteiger partial charge in [0, 0.05) is 19.3 Å². The van der Waals surface area contributed by atoms with E-state index in [1.165, 1.54) is 11.1 Å². The van der Waals surface area contributed by atoms with Crippen molar-refractivity contribution in [3.63, 3.8) is 0 Å². The maximum Gasteiger partial charge on any atom is 0.321 e. The van der Waals surface area contributed by atoms with E-state index >= 15 is 0 Å². The fourth-order valence-corrected chi connectivity index (χ4v) is 2.39. The Morgan fingerprint density at radius 3 is 2.10 bits per heavy atom. The van der Waals surface area contributed by atoms with Crippen molar-refractivity contribution in [2.75, 3.05) is 18.9 Å². The average molecular weight is 290 g/mol. The summed E-state index contributed by atoms with van der Waals surface area (Å²) in [6.07, 6.45) is 2.13. The van der Waals surface area contributed by atoms with Gasteiger partial charge in [-0.2, -0.15) is 0 Å². The summed E-state index contributed by atoms with van der Waals surface area (Å²) in [5, 5.41) is 3.14. The van der Waals surface area contributed by atoms with Gasteiger partial charge in [-0.05, 0) is 29.4 Å². The van der Waals surface area contributed by atoms with Crippen LogP contribution >= 0.6 is 0 Å². The van der Waals surface area contributed by atoms with Crippen LogP contribution in [0.5, 0.6) is 0 Å². The normalized spacial score (nSPS) is 11.0. The lowest BCUT2D eigenvalue weighted by atomic mass is 9.93. The highest BCUT2D eigenvalue weighted by Crippen LogP contribution is 2.32. The Labute approximate surface area is 129 Å². The SMILES string of the molecule is CCCCN(C)C(=O)Nc1c(C(C)C)cccc1C(C)C. The first-order valence-electron chi connectivity index (χ1n) is 8.03. The second-order valence-electron chi connectivity index (χ2n) is 6.33. The molecule has 1 rings (SSSR count). The van der Waals surface area contributed by atoms with Gasteiger partial charge in [-0.25, -0.2) is 4.79 Å². The number of carbonyl (C=O) groups is 1. The molecule has 118 valence electrons. The number of para-hydroxylation sites is 1. The molecule has 21 heavy (non-hydrogen) atoms. The van der Waals surface area contributed by atoms with E-state index in [9.17, 15) is 4.79 Å². The molecule has 0 saturated heterocycles. The van der Waals surface area contributed by atoms with Crippen LogP contribution in [-0.2, 0) is 0 Å². The minimum Gasteiger partial charge on any atom is -0.328 e. The monoisotopic (exact) mass is 290 g/mol. The largest absolute Gasteiger partial charge is 0.328 e. The number of hydrogen-bond donors (Lipinski definition) is 1. The molecule has 2 amide bonds. The third-order valence-electron chi connectivity index (χ3n) is 3.80. The molecular weight excluding hydrogens is 260 g/mol. The molecule has 1 aromatic carbocycles. The van der Waals surface area contributed by atoms with Crippen molar-refractivity contribution < 1.29 is 4.79 Å². The molecule has 0 radical (unpaired) electrons. The van der Waals surface area contributed by atoms with Gasteiger partial charge in [0.2, 0.25) is 0 Å². The Kier molecular flexibility index (Phi) is 6.73. The maximum absolute atomic E-state index is 12.4. The molecule has 0 heterocycles. The van der Waals surface area contributed by atoms with Gasteiger partial charge in [0.25, 0.3) is 0 Å². The first kappa shape index (κ1) is 17.5. The Morgan fingerprint density at radius 2 is 1.67 bits per heavy atom. The minimum atomic E-state index is -0.0153. The number of nitrogens with zero attached hydrogens (tertiary/aromatic N) is 1. The predicted molar refractivity (Wildman–Crippen MR) is 91.2 cm³/mol. The number of hydrogen-bond acceptors (Lipinski definition) is 1. The van der Waals surface area contributed by atoms with Crippen LogP contribution in [0.15, 0.2) is 18.2 Å². The highest BCUT2D eigenvalue weighted by atomic mass is 16.2. The van der Waals surface area contributed by atoms with E-state index in [-0.39, 0.29) is 6.03 Å². The van der Waals surface area contributed by atoms with E-state index in [4.69, 9.17) is 0 Å². The molecule has 3 heteroatoms. The van der Waals surface area contributed by atoms with Gasteiger partial charge in [0.1, 0.15) is 0 Å². The zero-order chi connectivity index (χ0) is 16.0. The van der Waals surface area contributed by atoms with Crippen molar-refractivity contribution in [2.24, 2.45) is 0 Å². The zero-order valence-corrected chi connectivity index (χ0v) is 14.4. The first-order valence-corrected chi connectivity index (χ1v) is 8.03. The number of unbranched alkanes of at least 4 members (excludes halogenated alkanes) is 1. The Balaban J connectivity index is 3.02. The lowest BCUT2D eigenvalue weighted by molar-refractivity contribution is 0.222. The van der Waals surface area contributed by atoms with Crippen LogP contribution in [0.25, 0.3) is 0 Å². The second kappa shape index (κ2) is 8.06. The zero-order valence-electron chi connectivity index (χ0n) is 14.4. The third-order valence-corrected chi connectivity index (χ3v) is 3.80. The van der Waals surface area contributed by atoms with Crippen molar-refractivity contribution in [1.29, 1.82) is 0 Å². The number of amides is 2. The summed E-state index contributed by atoms with van der Waals surface area (Å²) in [6.45, 7) is 11.6. The van der Waals surface area contributed by atoms with Gasteiger partial charge >= 0.3 is 6.03 Å². The van der Waals surface area contributed by atoms with Crippen LogP contribution in [0.2, 0.25) is 0 Å². The summed E-state index contributed by atoms with van der Waals surface area (Å²) in [5.74, 6) is 0.778. The molecule has 0 aliphatic carbocycles. The van der Waals surface area contributed by atoms with Crippen molar-refractivity contribution in [3.05, 3.63) is 29.3 Å². The number of nitrogens with one attached hydrogen (secondary N) is 1. The van der Waals surface area contributed by atoms with Crippen molar-refractivity contribution in [1.82, 2.24) is 4.90 Å². The summed E-state index contributed by atoms with van der Waals surface area (Å²) in [6, 6.07) is 6.29. The molecule has 0 bridgehead atoms. The fraction of sp³-hybridized carbons (Fsp3) is 0.611. The lowest BCUT2D eigenvalue weighted by Gasteiger charge is -2.23. The van der Waals surface area contributed by atoms with Crippen molar-refractivity contribution >= 4 is 11.7 Å². The standard InChI is InChI=1S/C18H30N2O/c1-7-8-12-20(6)18(21)19-17-15(13(2)3)10-9-11-16(17)14(4)5/h9-11,13-14H,7-8,12H2,1-6H3,(H,19,21). The quantitative estimate of drug-likeness (QED) is 0.767. The Morgan fingerprint density at radius 1 is 1.14 bits per heavy atom. The Hall–Kier alpha value is -1.51. The van der Waals surface area contributed by atoms with Gasteiger partial charge in [-0.3, -0.25) is 0 Å². The van der Waals surface area contributed by atoms with Crippen LogP contribution in [0.3, 0.4) is 0 Å². The summed E-state index contributed by atoms with van der Waals surface area (Å²) in [5.41, 5.74) is 3.41. The summed E-state index contributed by atoms with van der Waals surface area (Å²) < 4.78 is 0. The van der Waals surface area contributed by atoms with Crippen molar-refractivity contribution in [2.45, 2.75) is 59.3 Å². The third kappa shape index (κ3) is 4.76. The van der Waals surface area contributed by atoms with E-state index in [1.54, 1.807) is 4.90 Å². The molecule has 0 fully saturated rings. The molecule has 1 aromatic rings. The van der Waals surface area contributed by atoms with Gasteiger partial charge in [-0.15, -0.1) is 0 Å². The molecular formula is C18H30N2O. The van der Waals surface area contributed by atoms with Gasteiger partial charge in [0.15, 0.2) is 0 Å². The number of urea groups is 1.